The zero-order chi connectivity index (χ0) is 20.1. The number of pyridine rings is 1. The summed E-state index contributed by atoms with van der Waals surface area (Å²) in [5.41, 5.74) is 11.6. The van der Waals surface area contributed by atoms with Crippen LogP contribution in [0.1, 0.15) is 56.3 Å². The number of nitrogens with zero attached hydrogens (tertiary/aromatic N) is 4. The number of nitrogens with two attached hydrogens (primary N) is 1. The van der Waals surface area contributed by atoms with Crippen LogP contribution in [0.4, 0.5) is 5.82 Å². The minimum atomic E-state index is 0.129. The highest BCUT2D eigenvalue weighted by Crippen LogP contribution is 2.32. The zero-order valence-electron chi connectivity index (χ0n) is 17.8. The average molecular weight is 372 g/mol. The van der Waals surface area contributed by atoms with Crippen molar-refractivity contribution in [1.29, 1.82) is 0 Å². The maximum absolute atomic E-state index is 6.10. The molecular weight excluding hydrogens is 338 g/mol. The molecule has 27 heavy (non-hydrogen) atoms. The quantitative estimate of drug-likeness (QED) is 0.760. The zero-order valence-corrected chi connectivity index (χ0v) is 17.8. The molecule has 0 aliphatic carbocycles. The molecule has 0 amide bonds. The van der Waals surface area contributed by atoms with Crippen molar-refractivity contribution < 1.29 is 4.74 Å². The number of aromatic nitrogens is 3. The average Bonchev–Trinajstić information content (AvgIpc) is 2.65. The van der Waals surface area contributed by atoms with Gasteiger partial charge in [-0.15, -0.1) is 0 Å². The maximum atomic E-state index is 6.10. The Labute approximate surface area is 163 Å². The molecule has 2 aromatic heterocycles. The van der Waals surface area contributed by atoms with Gasteiger partial charge in [0.15, 0.2) is 0 Å². The first-order valence-corrected chi connectivity index (χ1v) is 9.78. The standard InChI is InChI=1S/C21H33N5O/c1-8-15(9-2)27-21-17(12-22)24-20(16(10-3)25-21)19-13(4)11-18(26(6)7)23-14(19)5/h11,15H,8-10,12,22H2,1-7H3. The van der Waals surface area contributed by atoms with Gasteiger partial charge in [0, 0.05) is 31.9 Å². The predicted octanol–water partition coefficient (Wildman–Crippen LogP) is 3.81. The Kier molecular flexibility index (Phi) is 7.13. The largest absolute Gasteiger partial charge is 0.473 e. The van der Waals surface area contributed by atoms with Crippen LogP contribution in [0.25, 0.3) is 11.3 Å². The summed E-state index contributed by atoms with van der Waals surface area (Å²) in [6.07, 6.45) is 2.75. The summed E-state index contributed by atoms with van der Waals surface area (Å²) in [6, 6.07) is 2.08. The maximum Gasteiger partial charge on any atom is 0.237 e. The number of hydrogen-bond acceptors (Lipinski definition) is 6. The summed E-state index contributed by atoms with van der Waals surface area (Å²) in [5.74, 6) is 1.51. The number of anilines is 1. The second-order valence-corrected chi connectivity index (χ2v) is 7.04. The van der Waals surface area contributed by atoms with Gasteiger partial charge in [0.25, 0.3) is 0 Å². The SMILES string of the molecule is CCc1nc(OC(CC)CC)c(CN)nc1-c1c(C)cc(N(C)C)nc1C. The molecule has 6 heteroatoms. The Hall–Kier alpha value is -2.21. The van der Waals surface area contributed by atoms with Crippen LogP contribution in [-0.2, 0) is 13.0 Å². The Morgan fingerprint density at radius 3 is 2.19 bits per heavy atom. The van der Waals surface area contributed by atoms with Crippen molar-refractivity contribution in [2.24, 2.45) is 5.73 Å². The number of ether oxygens (including phenoxy) is 1. The molecule has 2 N–H and O–H groups in total. The third-order valence-electron chi connectivity index (χ3n) is 4.80. The van der Waals surface area contributed by atoms with Crippen molar-refractivity contribution >= 4 is 5.82 Å². The first-order chi connectivity index (χ1) is 12.9. The molecule has 0 spiro atoms. The molecular formula is C21H33N5O. The van der Waals surface area contributed by atoms with Gasteiger partial charge in [0.05, 0.1) is 17.5 Å². The molecule has 2 heterocycles. The normalized spacial score (nSPS) is 11.1. The van der Waals surface area contributed by atoms with Gasteiger partial charge in [0.1, 0.15) is 11.5 Å². The Morgan fingerprint density at radius 2 is 1.70 bits per heavy atom. The highest BCUT2D eigenvalue weighted by atomic mass is 16.5. The van der Waals surface area contributed by atoms with Crippen molar-refractivity contribution in [1.82, 2.24) is 15.0 Å². The molecule has 0 atom stereocenters. The van der Waals surface area contributed by atoms with Gasteiger partial charge < -0.3 is 15.4 Å². The molecule has 0 aliphatic heterocycles. The van der Waals surface area contributed by atoms with Crippen LogP contribution >= 0.6 is 0 Å². The van der Waals surface area contributed by atoms with Gasteiger partial charge in [-0.2, -0.15) is 0 Å². The Balaban J connectivity index is 2.61. The van der Waals surface area contributed by atoms with Gasteiger partial charge in [0.2, 0.25) is 5.88 Å². The first kappa shape index (κ1) is 21.1. The van der Waals surface area contributed by atoms with E-state index in [4.69, 9.17) is 25.4 Å². The summed E-state index contributed by atoms with van der Waals surface area (Å²) in [7, 11) is 3.99. The molecule has 0 saturated carbocycles. The molecule has 0 unspecified atom stereocenters. The van der Waals surface area contributed by atoms with Crippen LogP contribution in [0.2, 0.25) is 0 Å². The van der Waals surface area contributed by atoms with Gasteiger partial charge in [-0.25, -0.2) is 15.0 Å². The molecule has 0 saturated heterocycles. The van der Waals surface area contributed by atoms with Crippen LogP contribution in [0, 0.1) is 13.8 Å². The van der Waals surface area contributed by atoms with Crippen molar-refractivity contribution in [2.75, 3.05) is 19.0 Å². The fourth-order valence-corrected chi connectivity index (χ4v) is 3.17. The third-order valence-corrected chi connectivity index (χ3v) is 4.80. The summed E-state index contributed by atoms with van der Waals surface area (Å²) in [5, 5.41) is 0. The topological polar surface area (TPSA) is 77.2 Å². The lowest BCUT2D eigenvalue weighted by atomic mass is 10.0. The highest BCUT2D eigenvalue weighted by Gasteiger charge is 2.20. The van der Waals surface area contributed by atoms with Crippen molar-refractivity contribution in [2.45, 2.75) is 66.5 Å². The Bertz CT molecular complexity index is 761. The monoisotopic (exact) mass is 371 g/mol. The third kappa shape index (κ3) is 4.56. The molecule has 2 rings (SSSR count). The van der Waals surface area contributed by atoms with E-state index in [0.29, 0.717) is 18.1 Å². The van der Waals surface area contributed by atoms with Crippen LogP contribution in [-0.4, -0.2) is 35.2 Å². The van der Waals surface area contributed by atoms with E-state index in [1.807, 2.05) is 25.9 Å². The van der Waals surface area contributed by atoms with E-state index in [1.54, 1.807) is 0 Å². The van der Waals surface area contributed by atoms with Gasteiger partial charge in [-0.3, -0.25) is 0 Å². The lowest BCUT2D eigenvalue weighted by molar-refractivity contribution is 0.181. The molecule has 0 fully saturated rings. The van der Waals surface area contributed by atoms with E-state index in [2.05, 4.69) is 33.8 Å². The van der Waals surface area contributed by atoms with Crippen LogP contribution in [0.15, 0.2) is 6.07 Å². The smallest absolute Gasteiger partial charge is 0.237 e. The second-order valence-electron chi connectivity index (χ2n) is 7.04. The molecule has 0 aliphatic rings. The number of hydrogen-bond donors (Lipinski definition) is 1. The van der Waals surface area contributed by atoms with E-state index in [0.717, 1.165) is 53.3 Å². The van der Waals surface area contributed by atoms with Crippen LogP contribution in [0.5, 0.6) is 5.88 Å². The van der Waals surface area contributed by atoms with Crippen molar-refractivity contribution in [3.63, 3.8) is 0 Å². The van der Waals surface area contributed by atoms with E-state index in [9.17, 15) is 0 Å². The minimum Gasteiger partial charge on any atom is -0.473 e. The Morgan fingerprint density at radius 1 is 1.04 bits per heavy atom. The molecule has 6 nitrogen and oxygen atoms in total. The van der Waals surface area contributed by atoms with E-state index in [1.165, 1.54) is 0 Å². The lowest BCUT2D eigenvalue weighted by Gasteiger charge is -2.20. The van der Waals surface area contributed by atoms with Crippen molar-refractivity contribution in [3.8, 4) is 17.1 Å². The molecule has 0 aromatic carbocycles. The summed E-state index contributed by atoms with van der Waals surface area (Å²) in [4.78, 5) is 16.4. The summed E-state index contributed by atoms with van der Waals surface area (Å²) in [6.45, 7) is 10.7. The van der Waals surface area contributed by atoms with Crippen molar-refractivity contribution in [3.05, 3.63) is 28.7 Å². The van der Waals surface area contributed by atoms with E-state index in [-0.39, 0.29) is 6.10 Å². The van der Waals surface area contributed by atoms with Crippen LogP contribution in [0.3, 0.4) is 0 Å². The predicted molar refractivity (Wildman–Crippen MR) is 111 cm³/mol. The molecule has 148 valence electrons. The lowest BCUT2D eigenvalue weighted by Crippen LogP contribution is -2.19. The van der Waals surface area contributed by atoms with Gasteiger partial charge >= 0.3 is 0 Å². The first-order valence-electron chi connectivity index (χ1n) is 9.78. The summed E-state index contributed by atoms with van der Waals surface area (Å²) < 4.78 is 6.10. The fraction of sp³-hybridized carbons (Fsp3) is 0.571. The molecule has 2 aromatic rings. The number of aryl methyl sites for hydroxylation is 3. The van der Waals surface area contributed by atoms with E-state index >= 15 is 0 Å². The van der Waals surface area contributed by atoms with Gasteiger partial charge in [-0.1, -0.05) is 20.8 Å². The molecule has 0 bridgehead atoms. The summed E-state index contributed by atoms with van der Waals surface area (Å²) >= 11 is 0. The van der Waals surface area contributed by atoms with Gasteiger partial charge in [-0.05, 0) is 44.7 Å². The van der Waals surface area contributed by atoms with Crippen LogP contribution < -0.4 is 15.4 Å². The second kappa shape index (κ2) is 9.13. The molecule has 0 radical (unpaired) electrons. The fourth-order valence-electron chi connectivity index (χ4n) is 3.17. The minimum absolute atomic E-state index is 0.129. The highest BCUT2D eigenvalue weighted by molar-refractivity contribution is 5.70. The number of rotatable bonds is 8. The van der Waals surface area contributed by atoms with E-state index < -0.39 is 0 Å².